The first kappa shape index (κ1) is 6.35. The van der Waals surface area contributed by atoms with Crippen molar-refractivity contribution in [2.75, 3.05) is 26.2 Å². The van der Waals surface area contributed by atoms with Gasteiger partial charge < -0.3 is 0 Å². The number of hydrogen-bond donors (Lipinski definition) is 2. The molecule has 1 aliphatic rings. The molecule has 1 rings (SSSR count). The molecule has 0 unspecified atom stereocenters. The molecule has 1 heterocycles. The van der Waals surface area contributed by atoms with Gasteiger partial charge in [-0.25, -0.2) is 5.01 Å². The average molecular weight is 133 g/mol. The highest BCUT2D eigenvalue weighted by molar-refractivity contribution is 7.77. The molecule has 1 saturated heterocycles. The molecule has 0 aromatic carbocycles. The fourth-order valence-electron chi connectivity index (χ4n) is 0.711. The van der Waals surface area contributed by atoms with Crippen LogP contribution in [0.1, 0.15) is 0 Å². The van der Waals surface area contributed by atoms with Gasteiger partial charge >= 0.3 is 0 Å². The van der Waals surface area contributed by atoms with E-state index in [0.29, 0.717) is 0 Å². The Morgan fingerprint density at radius 2 is 1.62 bits per heavy atom. The molecule has 2 N–H and O–H groups in total. The van der Waals surface area contributed by atoms with Crippen LogP contribution >= 0.6 is 12.8 Å². The average Bonchev–Trinajstić information content (AvgIpc) is 1.77. The summed E-state index contributed by atoms with van der Waals surface area (Å²) in [7, 11) is 0. The largest absolute Gasteiger partial charge is 0.269 e. The molecule has 0 aliphatic carbocycles. The zero-order valence-electron chi connectivity index (χ0n) is 4.75. The van der Waals surface area contributed by atoms with Crippen LogP contribution in [0.5, 0.6) is 0 Å². The Hall–Kier alpha value is 0.230. The minimum Gasteiger partial charge on any atom is -0.269 e. The molecule has 0 radical (unpaired) electrons. The Labute approximate surface area is 54.9 Å². The minimum absolute atomic E-state index is 0.934. The van der Waals surface area contributed by atoms with Crippen molar-refractivity contribution in [3.05, 3.63) is 0 Å². The smallest absolute Gasteiger partial charge is 0.0266 e. The molecule has 48 valence electrons. The molecule has 4 heteroatoms. The molecule has 0 spiro atoms. The number of hydrazine groups is 1. The topological polar surface area (TPSA) is 32.5 Å². The summed E-state index contributed by atoms with van der Waals surface area (Å²) in [6.45, 7) is 3.81. The number of nitrogens with two attached hydrogens (primary N) is 1. The van der Waals surface area contributed by atoms with Crippen LogP contribution in [0.25, 0.3) is 0 Å². The third kappa shape index (κ3) is 1.63. The lowest BCUT2D eigenvalue weighted by molar-refractivity contribution is 0.202. The molecule has 0 aromatic heterocycles. The summed E-state index contributed by atoms with van der Waals surface area (Å²) < 4.78 is 1.98. The Balaban J connectivity index is 2.19. The second-order valence-corrected chi connectivity index (χ2v) is 2.56. The number of piperazine rings is 1. The van der Waals surface area contributed by atoms with E-state index in [-0.39, 0.29) is 0 Å². The maximum Gasteiger partial charge on any atom is 0.0266 e. The predicted octanol–water partition coefficient (Wildman–Crippen LogP) is -0.677. The maximum absolute atomic E-state index is 5.47. The molecular formula is C4H11N3S. The summed E-state index contributed by atoms with van der Waals surface area (Å²) in [5.41, 5.74) is 0. The van der Waals surface area contributed by atoms with E-state index in [1.54, 1.807) is 0 Å². The number of rotatable bonds is 0. The lowest BCUT2D eigenvalue weighted by Gasteiger charge is -2.27. The van der Waals surface area contributed by atoms with Gasteiger partial charge in [0.15, 0.2) is 0 Å². The van der Waals surface area contributed by atoms with Crippen LogP contribution in [0.15, 0.2) is 0 Å². The van der Waals surface area contributed by atoms with E-state index >= 15 is 0 Å². The summed E-state index contributed by atoms with van der Waals surface area (Å²) >= 11 is 4.15. The zero-order chi connectivity index (χ0) is 5.98. The molecule has 0 amide bonds. The van der Waals surface area contributed by atoms with E-state index in [9.17, 15) is 0 Å². The predicted molar refractivity (Wildman–Crippen MR) is 36.3 cm³/mol. The third-order valence-electron chi connectivity index (χ3n) is 1.29. The first-order chi connectivity index (χ1) is 3.79. The van der Waals surface area contributed by atoms with Gasteiger partial charge in [0.05, 0.1) is 0 Å². The van der Waals surface area contributed by atoms with Gasteiger partial charge in [0, 0.05) is 26.2 Å². The van der Waals surface area contributed by atoms with Crippen LogP contribution in [0.4, 0.5) is 0 Å². The van der Waals surface area contributed by atoms with E-state index < -0.39 is 0 Å². The second kappa shape index (κ2) is 2.68. The molecule has 0 atom stereocenters. The molecule has 3 nitrogen and oxygen atoms in total. The van der Waals surface area contributed by atoms with Crippen molar-refractivity contribution in [2.24, 2.45) is 5.84 Å². The fourth-order valence-corrected chi connectivity index (χ4v) is 0.890. The van der Waals surface area contributed by atoms with Gasteiger partial charge in [0.25, 0.3) is 0 Å². The first-order valence-electron chi connectivity index (χ1n) is 2.72. The van der Waals surface area contributed by atoms with Gasteiger partial charge in [-0.05, 0) is 0 Å². The Kier molecular flexibility index (Phi) is 2.13. The monoisotopic (exact) mass is 133 g/mol. The van der Waals surface area contributed by atoms with Crippen molar-refractivity contribution < 1.29 is 0 Å². The zero-order valence-corrected chi connectivity index (χ0v) is 5.64. The van der Waals surface area contributed by atoms with Gasteiger partial charge in [-0.3, -0.25) is 10.1 Å². The Morgan fingerprint density at radius 1 is 1.12 bits per heavy atom. The van der Waals surface area contributed by atoms with Crippen LogP contribution in [-0.4, -0.2) is 35.5 Å². The van der Waals surface area contributed by atoms with E-state index in [0.717, 1.165) is 26.2 Å². The third-order valence-corrected chi connectivity index (χ3v) is 1.69. The molecule has 0 bridgehead atoms. The minimum atomic E-state index is 0.934. The standard InChI is InChI=1S/C4H11N3S/c5-6-1-3-7(8)4-2-6/h8H,1-5H2. The normalized spacial score (nSPS) is 26.2. The van der Waals surface area contributed by atoms with Crippen LogP contribution < -0.4 is 5.84 Å². The van der Waals surface area contributed by atoms with Crippen molar-refractivity contribution in [3.63, 3.8) is 0 Å². The fraction of sp³-hybridized carbons (Fsp3) is 1.00. The van der Waals surface area contributed by atoms with Crippen LogP contribution in [0.2, 0.25) is 0 Å². The molecular weight excluding hydrogens is 122 g/mol. The maximum atomic E-state index is 5.47. The lowest BCUT2D eigenvalue weighted by Crippen LogP contribution is -2.46. The summed E-state index contributed by atoms with van der Waals surface area (Å²) in [5.74, 6) is 5.47. The van der Waals surface area contributed by atoms with Gasteiger partial charge in [-0.2, -0.15) is 0 Å². The SMILES string of the molecule is NN1CCN(S)CC1. The highest BCUT2D eigenvalue weighted by atomic mass is 32.1. The quantitative estimate of drug-likeness (QED) is 0.339. The number of nitrogens with zero attached hydrogens (tertiary/aromatic N) is 2. The van der Waals surface area contributed by atoms with Crippen molar-refractivity contribution in [2.45, 2.75) is 0 Å². The van der Waals surface area contributed by atoms with Crippen molar-refractivity contribution in [1.29, 1.82) is 0 Å². The van der Waals surface area contributed by atoms with Crippen LogP contribution in [0, 0.1) is 0 Å². The van der Waals surface area contributed by atoms with E-state index in [2.05, 4.69) is 12.8 Å². The molecule has 0 saturated carbocycles. The summed E-state index contributed by atoms with van der Waals surface area (Å²) in [6.07, 6.45) is 0. The molecule has 1 aliphatic heterocycles. The molecule has 1 fully saturated rings. The van der Waals surface area contributed by atoms with Crippen molar-refractivity contribution >= 4 is 12.8 Å². The Bertz CT molecular complexity index is 59.7. The van der Waals surface area contributed by atoms with Crippen molar-refractivity contribution in [1.82, 2.24) is 9.31 Å². The molecule has 8 heavy (non-hydrogen) atoms. The summed E-state index contributed by atoms with van der Waals surface area (Å²) in [6, 6.07) is 0. The van der Waals surface area contributed by atoms with E-state index in [4.69, 9.17) is 5.84 Å². The highest BCUT2D eigenvalue weighted by Gasteiger charge is 2.09. The van der Waals surface area contributed by atoms with Crippen LogP contribution in [-0.2, 0) is 0 Å². The van der Waals surface area contributed by atoms with Gasteiger partial charge in [0.1, 0.15) is 0 Å². The second-order valence-electron chi connectivity index (χ2n) is 1.99. The van der Waals surface area contributed by atoms with E-state index in [1.807, 2.05) is 9.31 Å². The lowest BCUT2D eigenvalue weighted by atomic mass is 10.4. The van der Waals surface area contributed by atoms with Gasteiger partial charge in [-0.1, -0.05) is 12.8 Å². The number of thiol groups is 1. The van der Waals surface area contributed by atoms with Crippen molar-refractivity contribution in [3.8, 4) is 0 Å². The molecule has 0 aromatic rings. The van der Waals surface area contributed by atoms with Gasteiger partial charge in [0.2, 0.25) is 0 Å². The van der Waals surface area contributed by atoms with E-state index in [1.165, 1.54) is 0 Å². The first-order valence-corrected chi connectivity index (χ1v) is 3.12. The number of hydrogen-bond acceptors (Lipinski definition) is 4. The summed E-state index contributed by atoms with van der Waals surface area (Å²) in [5, 5.41) is 1.81. The van der Waals surface area contributed by atoms with Gasteiger partial charge in [-0.15, -0.1) is 0 Å². The van der Waals surface area contributed by atoms with Crippen LogP contribution in [0.3, 0.4) is 0 Å². The Morgan fingerprint density at radius 3 is 2.00 bits per heavy atom. The highest BCUT2D eigenvalue weighted by Crippen LogP contribution is 1.97. The summed E-state index contributed by atoms with van der Waals surface area (Å²) in [4.78, 5) is 0.